The average molecular weight is 281 g/mol. The zero-order valence-electron chi connectivity index (χ0n) is 12.5. The van der Waals surface area contributed by atoms with Crippen molar-refractivity contribution in [3.8, 4) is 0 Å². The summed E-state index contributed by atoms with van der Waals surface area (Å²) < 4.78 is 2.13. The number of imidazole rings is 1. The number of likely N-dealkylation sites (N-methyl/N-ethyl adjacent to an activating group) is 1. The minimum Gasteiger partial charge on any atom is -0.331 e. The predicted molar refractivity (Wildman–Crippen MR) is 83.0 cm³/mol. The summed E-state index contributed by atoms with van der Waals surface area (Å²) >= 11 is 0. The van der Waals surface area contributed by atoms with Crippen molar-refractivity contribution in [3.05, 3.63) is 53.9 Å². The molecule has 0 radical (unpaired) electrons. The third-order valence-corrected chi connectivity index (χ3v) is 3.73. The van der Waals surface area contributed by atoms with Gasteiger partial charge in [-0.2, -0.15) is 0 Å². The van der Waals surface area contributed by atoms with Crippen LogP contribution in [0.3, 0.4) is 0 Å². The lowest BCUT2D eigenvalue weighted by molar-refractivity contribution is 0.535. The van der Waals surface area contributed by atoms with E-state index in [2.05, 4.69) is 25.9 Å². The maximum absolute atomic E-state index is 4.71. The maximum atomic E-state index is 4.71. The fourth-order valence-electron chi connectivity index (χ4n) is 2.47. The Morgan fingerprint density at radius 2 is 1.90 bits per heavy atom. The standard InChI is InChI=1S/C16H19N5/c1-11-9-18-16(19-10-11)13(17-2)8-15-20-12-6-4-5-7-14(12)21(15)3/h4-7,9-10,13,17H,8H2,1-3H3. The van der Waals surface area contributed by atoms with Crippen LogP contribution in [-0.4, -0.2) is 26.6 Å². The molecule has 3 rings (SSSR count). The van der Waals surface area contributed by atoms with Gasteiger partial charge in [-0.05, 0) is 31.7 Å². The van der Waals surface area contributed by atoms with Gasteiger partial charge in [0.25, 0.3) is 0 Å². The van der Waals surface area contributed by atoms with Crippen LogP contribution in [0.2, 0.25) is 0 Å². The van der Waals surface area contributed by atoms with Gasteiger partial charge in [-0.3, -0.25) is 0 Å². The van der Waals surface area contributed by atoms with Crippen molar-refractivity contribution in [2.24, 2.45) is 7.05 Å². The Morgan fingerprint density at radius 3 is 2.57 bits per heavy atom. The molecule has 5 heteroatoms. The van der Waals surface area contributed by atoms with Crippen LogP contribution in [0.5, 0.6) is 0 Å². The molecule has 2 heterocycles. The van der Waals surface area contributed by atoms with Gasteiger partial charge in [0.2, 0.25) is 0 Å². The normalized spacial score (nSPS) is 12.7. The van der Waals surface area contributed by atoms with E-state index in [-0.39, 0.29) is 6.04 Å². The lowest BCUT2D eigenvalue weighted by Crippen LogP contribution is -2.22. The molecule has 0 saturated heterocycles. The van der Waals surface area contributed by atoms with Crippen molar-refractivity contribution >= 4 is 11.0 Å². The van der Waals surface area contributed by atoms with Crippen molar-refractivity contribution < 1.29 is 0 Å². The Kier molecular flexibility index (Phi) is 3.66. The predicted octanol–water partition coefficient (Wildman–Crippen LogP) is 2.17. The van der Waals surface area contributed by atoms with E-state index in [0.29, 0.717) is 0 Å². The maximum Gasteiger partial charge on any atom is 0.145 e. The minimum absolute atomic E-state index is 0.0566. The first-order valence-corrected chi connectivity index (χ1v) is 7.05. The molecule has 108 valence electrons. The van der Waals surface area contributed by atoms with E-state index in [0.717, 1.165) is 34.7 Å². The van der Waals surface area contributed by atoms with E-state index in [1.807, 2.05) is 51.6 Å². The van der Waals surface area contributed by atoms with Crippen LogP contribution in [0.1, 0.15) is 23.3 Å². The summed E-state index contributed by atoms with van der Waals surface area (Å²) in [7, 11) is 3.98. The van der Waals surface area contributed by atoms with Gasteiger partial charge in [0, 0.05) is 25.9 Å². The van der Waals surface area contributed by atoms with Gasteiger partial charge < -0.3 is 9.88 Å². The highest BCUT2D eigenvalue weighted by Crippen LogP contribution is 2.19. The lowest BCUT2D eigenvalue weighted by atomic mass is 10.2. The van der Waals surface area contributed by atoms with Gasteiger partial charge in [-0.15, -0.1) is 0 Å². The summed E-state index contributed by atoms with van der Waals surface area (Å²) in [5.74, 6) is 1.83. The van der Waals surface area contributed by atoms with Gasteiger partial charge >= 0.3 is 0 Å². The van der Waals surface area contributed by atoms with E-state index in [1.54, 1.807) is 0 Å². The molecule has 0 amide bonds. The average Bonchev–Trinajstić information content (AvgIpc) is 2.83. The SMILES string of the molecule is CNC(Cc1nc2ccccc2n1C)c1ncc(C)cn1. The number of hydrogen-bond acceptors (Lipinski definition) is 4. The summed E-state index contributed by atoms with van der Waals surface area (Å²) in [4.78, 5) is 13.5. The number of aromatic nitrogens is 4. The second-order valence-electron chi connectivity index (χ2n) is 5.24. The largest absolute Gasteiger partial charge is 0.331 e. The van der Waals surface area contributed by atoms with Crippen molar-refractivity contribution in [2.75, 3.05) is 7.05 Å². The number of aryl methyl sites for hydroxylation is 2. The quantitative estimate of drug-likeness (QED) is 0.796. The van der Waals surface area contributed by atoms with Gasteiger partial charge in [0.15, 0.2) is 0 Å². The van der Waals surface area contributed by atoms with E-state index >= 15 is 0 Å². The fourth-order valence-corrected chi connectivity index (χ4v) is 2.47. The molecule has 0 spiro atoms. The van der Waals surface area contributed by atoms with Crippen molar-refractivity contribution in [1.29, 1.82) is 0 Å². The fraction of sp³-hybridized carbons (Fsp3) is 0.312. The van der Waals surface area contributed by atoms with Crippen LogP contribution in [0, 0.1) is 6.92 Å². The molecule has 0 bridgehead atoms. The van der Waals surface area contributed by atoms with E-state index in [4.69, 9.17) is 4.98 Å². The highest BCUT2D eigenvalue weighted by atomic mass is 15.1. The Hall–Kier alpha value is -2.27. The number of rotatable bonds is 4. The van der Waals surface area contributed by atoms with E-state index in [1.165, 1.54) is 0 Å². The molecule has 0 aliphatic heterocycles. The summed E-state index contributed by atoms with van der Waals surface area (Å²) in [6, 6.07) is 8.23. The Morgan fingerprint density at radius 1 is 1.19 bits per heavy atom. The van der Waals surface area contributed by atoms with Gasteiger partial charge in [-0.25, -0.2) is 15.0 Å². The topological polar surface area (TPSA) is 55.6 Å². The number of nitrogens with one attached hydrogen (secondary N) is 1. The molecule has 1 N–H and O–H groups in total. The number of para-hydroxylation sites is 2. The molecular formula is C16H19N5. The molecule has 1 aromatic carbocycles. The molecule has 0 aliphatic rings. The zero-order chi connectivity index (χ0) is 14.8. The molecular weight excluding hydrogens is 262 g/mol. The van der Waals surface area contributed by atoms with Crippen LogP contribution in [0.25, 0.3) is 11.0 Å². The van der Waals surface area contributed by atoms with Gasteiger partial charge in [-0.1, -0.05) is 12.1 Å². The van der Waals surface area contributed by atoms with Gasteiger partial charge in [0.1, 0.15) is 11.6 Å². The van der Waals surface area contributed by atoms with Crippen molar-refractivity contribution in [3.63, 3.8) is 0 Å². The molecule has 0 aliphatic carbocycles. The monoisotopic (exact) mass is 281 g/mol. The first-order valence-electron chi connectivity index (χ1n) is 7.05. The summed E-state index contributed by atoms with van der Waals surface area (Å²) in [6.07, 6.45) is 4.45. The van der Waals surface area contributed by atoms with Crippen LogP contribution in [0.4, 0.5) is 0 Å². The third-order valence-electron chi connectivity index (χ3n) is 3.73. The highest BCUT2D eigenvalue weighted by Gasteiger charge is 2.17. The minimum atomic E-state index is 0.0566. The van der Waals surface area contributed by atoms with Crippen LogP contribution < -0.4 is 5.32 Å². The number of hydrogen-bond donors (Lipinski definition) is 1. The van der Waals surface area contributed by atoms with Crippen molar-refractivity contribution in [1.82, 2.24) is 24.8 Å². The summed E-state index contributed by atoms with van der Waals surface area (Å²) in [5, 5.41) is 3.28. The smallest absolute Gasteiger partial charge is 0.145 e. The number of benzene rings is 1. The van der Waals surface area contributed by atoms with E-state index < -0.39 is 0 Å². The summed E-state index contributed by atoms with van der Waals surface area (Å²) in [6.45, 7) is 1.99. The zero-order valence-corrected chi connectivity index (χ0v) is 12.5. The molecule has 5 nitrogen and oxygen atoms in total. The van der Waals surface area contributed by atoms with Crippen LogP contribution in [-0.2, 0) is 13.5 Å². The number of nitrogens with zero attached hydrogens (tertiary/aromatic N) is 4. The highest BCUT2D eigenvalue weighted by molar-refractivity contribution is 5.75. The molecule has 0 saturated carbocycles. The Balaban J connectivity index is 1.92. The molecule has 0 fully saturated rings. The molecule has 1 atom stereocenters. The number of fused-ring (bicyclic) bond motifs is 1. The van der Waals surface area contributed by atoms with Crippen molar-refractivity contribution in [2.45, 2.75) is 19.4 Å². The van der Waals surface area contributed by atoms with Crippen LogP contribution >= 0.6 is 0 Å². The second kappa shape index (κ2) is 5.61. The second-order valence-corrected chi connectivity index (χ2v) is 5.24. The molecule has 2 aromatic heterocycles. The van der Waals surface area contributed by atoms with Crippen LogP contribution in [0.15, 0.2) is 36.7 Å². The summed E-state index contributed by atoms with van der Waals surface area (Å²) in [5.41, 5.74) is 3.23. The molecule has 21 heavy (non-hydrogen) atoms. The Bertz CT molecular complexity index is 745. The van der Waals surface area contributed by atoms with E-state index in [9.17, 15) is 0 Å². The Labute approximate surface area is 124 Å². The third kappa shape index (κ3) is 2.64. The lowest BCUT2D eigenvalue weighted by Gasteiger charge is -2.14. The first-order chi connectivity index (χ1) is 10.2. The molecule has 3 aromatic rings. The first kappa shape index (κ1) is 13.7. The molecule has 1 unspecified atom stereocenters. The van der Waals surface area contributed by atoms with Gasteiger partial charge in [0.05, 0.1) is 17.1 Å².